The molecule has 0 fully saturated rings. The maximum atomic E-state index is 11.7. The van der Waals surface area contributed by atoms with Crippen LogP contribution in [-0.4, -0.2) is 36.5 Å². The molecule has 0 aliphatic carbocycles. The average molecular weight is 223 g/mol. The smallest absolute Gasteiger partial charge is 0.274 e. The summed E-state index contributed by atoms with van der Waals surface area (Å²) in [5, 5.41) is 21.0. The monoisotopic (exact) mass is 223 g/mol. The fraction of sp³-hybridized carbons (Fsp3) is 0.556. The molecule has 7 heteroatoms. The van der Waals surface area contributed by atoms with Gasteiger partial charge >= 0.3 is 0 Å². The zero-order valence-electron chi connectivity index (χ0n) is 9.35. The van der Waals surface area contributed by atoms with E-state index in [1.807, 2.05) is 0 Å². The van der Waals surface area contributed by atoms with Gasteiger partial charge in [-0.1, -0.05) is 13.8 Å². The molecule has 2 aromatic rings. The van der Waals surface area contributed by atoms with Gasteiger partial charge in [0.05, 0.1) is 6.61 Å². The molecule has 0 unspecified atom stereocenters. The molecule has 0 aliphatic heterocycles. The molecule has 2 heterocycles. The van der Waals surface area contributed by atoms with Gasteiger partial charge in [0.25, 0.3) is 11.3 Å². The number of fused-ring (bicyclic) bond motifs is 1. The Morgan fingerprint density at radius 1 is 1.44 bits per heavy atom. The first-order chi connectivity index (χ1) is 7.45. The second-order valence-electron chi connectivity index (χ2n) is 4.33. The molecule has 2 N–H and O–H groups in total. The van der Waals surface area contributed by atoms with Gasteiger partial charge < -0.3 is 5.11 Å². The summed E-state index contributed by atoms with van der Waals surface area (Å²) in [6, 6.07) is 0. The Bertz CT molecular complexity index is 583. The van der Waals surface area contributed by atoms with Crippen molar-refractivity contribution >= 4 is 5.78 Å². The number of aromatic nitrogens is 5. The van der Waals surface area contributed by atoms with E-state index in [1.165, 1.54) is 4.52 Å². The van der Waals surface area contributed by atoms with Crippen molar-refractivity contribution in [1.29, 1.82) is 0 Å². The van der Waals surface area contributed by atoms with E-state index in [9.17, 15) is 9.90 Å². The minimum Gasteiger partial charge on any atom is -0.395 e. The molecule has 0 saturated heterocycles. The third-order valence-electron chi connectivity index (χ3n) is 2.47. The molecule has 0 aliphatic rings. The molecule has 0 saturated carbocycles. The summed E-state index contributed by atoms with van der Waals surface area (Å²) in [6.07, 6.45) is 0. The first kappa shape index (κ1) is 10.7. The van der Waals surface area contributed by atoms with E-state index in [-0.39, 0.29) is 17.9 Å². The Kier molecular flexibility index (Phi) is 2.27. The highest BCUT2D eigenvalue weighted by molar-refractivity contribution is 5.26. The molecule has 2 aromatic heterocycles. The third kappa shape index (κ3) is 1.49. The second-order valence-corrected chi connectivity index (χ2v) is 4.33. The number of nitrogens with zero attached hydrogens (tertiary/aromatic N) is 4. The third-order valence-corrected chi connectivity index (χ3v) is 2.47. The Morgan fingerprint density at radius 2 is 2.12 bits per heavy atom. The number of aliphatic hydroxyl groups excluding tert-OH is 1. The Morgan fingerprint density at radius 3 is 2.75 bits per heavy atom. The molecule has 0 aromatic carbocycles. The van der Waals surface area contributed by atoms with Crippen molar-refractivity contribution in [2.24, 2.45) is 0 Å². The summed E-state index contributed by atoms with van der Waals surface area (Å²) >= 11 is 0. The summed E-state index contributed by atoms with van der Waals surface area (Å²) in [5.74, 6) is 0.890. The lowest BCUT2D eigenvalue weighted by atomic mass is 9.91. The van der Waals surface area contributed by atoms with Crippen LogP contribution in [0.2, 0.25) is 0 Å². The topological polar surface area (TPSA) is 96.2 Å². The predicted octanol–water partition coefficient (Wildman–Crippen LogP) is -0.609. The lowest BCUT2D eigenvalue weighted by Gasteiger charge is -2.19. The van der Waals surface area contributed by atoms with Gasteiger partial charge in [-0.25, -0.2) is 0 Å². The minimum atomic E-state index is -0.696. The number of aromatic amines is 1. The van der Waals surface area contributed by atoms with Crippen LogP contribution in [0.25, 0.3) is 5.78 Å². The van der Waals surface area contributed by atoms with Crippen molar-refractivity contribution in [3.8, 4) is 0 Å². The number of hydrogen-bond donors (Lipinski definition) is 2. The average Bonchev–Trinajstić information content (AvgIpc) is 2.58. The summed E-state index contributed by atoms with van der Waals surface area (Å²) in [6.45, 7) is 5.07. The van der Waals surface area contributed by atoms with E-state index in [0.717, 1.165) is 0 Å². The number of nitrogens with one attached hydrogen (secondary N) is 1. The molecule has 7 nitrogen and oxygen atoms in total. The first-order valence-electron chi connectivity index (χ1n) is 4.89. The van der Waals surface area contributed by atoms with Crippen molar-refractivity contribution in [2.45, 2.75) is 26.2 Å². The molecule has 2 rings (SSSR count). The molecule has 0 atom stereocenters. The molecule has 0 bridgehead atoms. The summed E-state index contributed by atoms with van der Waals surface area (Å²) < 4.78 is 1.45. The van der Waals surface area contributed by atoms with Crippen LogP contribution >= 0.6 is 0 Å². The van der Waals surface area contributed by atoms with E-state index in [1.54, 1.807) is 20.8 Å². The fourth-order valence-corrected chi connectivity index (χ4v) is 1.38. The Hall–Kier alpha value is -1.76. The molecule has 86 valence electrons. The zero-order chi connectivity index (χ0) is 11.9. The van der Waals surface area contributed by atoms with Crippen LogP contribution in [-0.2, 0) is 5.41 Å². The maximum absolute atomic E-state index is 11.7. The number of aliphatic hydroxyl groups is 1. The van der Waals surface area contributed by atoms with Gasteiger partial charge in [-0.05, 0) is 6.92 Å². The van der Waals surface area contributed by atoms with Gasteiger partial charge in [-0.3, -0.25) is 9.78 Å². The number of aryl methyl sites for hydroxylation is 1. The van der Waals surface area contributed by atoms with Gasteiger partial charge in [-0.15, -0.1) is 10.2 Å². The largest absolute Gasteiger partial charge is 0.395 e. The standard InChI is InChI=1S/C9H13N5O2/c1-5-11-12-8-10-7(16)6(13-14(5)8)9(2,3)4-15/h15H,4H2,1-3H3,(H,10,12,16). The highest BCUT2D eigenvalue weighted by Crippen LogP contribution is 2.16. The van der Waals surface area contributed by atoms with E-state index in [2.05, 4.69) is 20.3 Å². The number of hydrogen-bond acceptors (Lipinski definition) is 5. The Labute approximate surface area is 91.1 Å². The van der Waals surface area contributed by atoms with E-state index in [4.69, 9.17) is 0 Å². The highest BCUT2D eigenvalue weighted by Gasteiger charge is 2.26. The maximum Gasteiger partial charge on any atom is 0.274 e. The number of H-pyrrole nitrogens is 1. The van der Waals surface area contributed by atoms with Crippen LogP contribution in [0.4, 0.5) is 0 Å². The van der Waals surface area contributed by atoms with Gasteiger partial charge in [0.2, 0.25) is 0 Å². The normalized spacial score (nSPS) is 12.2. The van der Waals surface area contributed by atoms with Gasteiger partial charge in [0.1, 0.15) is 5.69 Å². The molecular formula is C9H13N5O2. The van der Waals surface area contributed by atoms with E-state index in [0.29, 0.717) is 11.6 Å². The number of rotatable bonds is 2. The lowest BCUT2D eigenvalue weighted by molar-refractivity contribution is 0.212. The van der Waals surface area contributed by atoms with Gasteiger partial charge in [-0.2, -0.15) is 9.61 Å². The summed E-state index contributed by atoms with van der Waals surface area (Å²) in [4.78, 5) is 14.3. The van der Waals surface area contributed by atoms with Gasteiger partial charge in [0.15, 0.2) is 5.82 Å². The van der Waals surface area contributed by atoms with Crippen molar-refractivity contribution in [3.63, 3.8) is 0 Å². The molecule has 16 heavy (non-hydrogen) atoms. The summed E-state index contributed by atoms with van der Waals surface area (Å²) in [7, 11) is 0. The molecule has 0 amide bonds. The van der Waals surface area contributed by atoms with Crippen molar-refractivity contribution in [1.82, 2.24) is 24.8 Å². The molecule has 0 radical (unpaired) electrons. The van der Waals surface area contributed by atoms with Crippen LogP contribution in [0.3, 0.4) is 0 Å². The first-order valence-corrected chi connectivity index (χ1v) is 4.89. The molecule has 0 spiro atoms. The minimum absolute atomic E-state index is 0.157. The van der Waals surface area contributed by atoms with Crippen LogP contribution < -0.4 is 5.56 Å². The Balaban J connectivity index is 2.75. The van der Waals surface area contributed by atoms with Crippen LogP contribution in [0, 0.1) is 6.92 Å². The van der Waals surface area contributed by atoms with Crippen molar-refractivity contribution in [3.05, 3.63) is 21.9 Å². The lowest BCUT2D eigenvalue weighted by Crippen LogP contribution is -2.33. The quantitative estimate of drug-likeness (QED) is 0.708. The van der Waals surface area contributed by atoms with Gasteiger partial charge in [0, 0.05) is 5.41 Å². The van der Waals surface area contributed by atoms with Crippen LogP contribution in [0.15, 0.2) is 4.79 Å². The van der Waals surface area contributed by atoms with Crippen LogP contribution in [0.5, 0.6) is 0 Å². The fourth-order valence-electron chi connectivity index (χ4n) is 1.38. The van der Waals surface area contributed by atoms with E-state index >= 15 is 0 Å². The predicted molar refractivity (Wildman–Crippen MR) is 56.3 cm³/mol. The van der Waals surface area contributed by atoms with Crippen molar-refractivity contribution < 1.29 is 5.11 Å². The van der Waals surface area contributed by atoms with Crippen LogP contribution in [0.1, 0.15) is 25.4 Å². The van der Waals surface area contributed by atoms with E-state index < -0.39 is 5.41 Å². The zero-order valence-corrected chi connectivity index (χ0v) is 9.35. The summed E-state index contributed by atoms with van der Waals surface area (Å²) in [5.41, 5.74) is -0.775. The molecular weight excluding hydrogens is 210 g/mol. The second kappa shape index (κ2) is 3.38. The van der Waals surface area contributed by atoms with Crippen molar-refractivity contribution in [2.75, 3.05) is 6.61 Å². The SMILES string of the molecule is Cc1nnc2[nH]c(=O)c(C(C)(C)CO)nn12. The highest BCUT2D eigenvalue weighted by atomic mass is 16.3.